The standard InChI is InChI=1S/C20H31NO6/c1-10(2)12-6-5-11(3)20(12)9-14(22)19(4)16(27-19)17(20)26-18(25)13(21)7-8-15(23)24/h11-14,16-17,22H,1,5-9,21H2,2-4H3,(H,23,24)/t11-,12-,13-,14-,16+,17-,19-,20+/m0/s1. The van der Waals surface area contributed by atoms with Crippen LogP contribution in [0.25, 0.3) is 0 Å². The van der Waals surface area contributed by atoms with Crippen molar-refractivity contribution < 1.29 is 29.3 Å². The Bertz CT molecular complexity index is 650. The van der Waals surface area contributed by atoms with Crippen LogP contribution in [-0.4, -0.2) is 52.1 Å². The molecule has 0 amide bonds. The number of hydrogen-bond acceptors (Lipinski definition) is 6. The van der Waals surface area contributed by atoms with E-state index in [0.29, 0.717) is 6.42 Å². The third-order valence-electron chi connectivity index (χ3n) is 7.17. The molecule has 0 unspecified atom stereocenters. The molecule has 0 bridgehead atoms. The van der Waals surface area contributed by atoms with E-state index in [1.807, 2.05) is 13.8 Å². The van der Waals surface area contributed by atoms with Crippen LogP contribution in [0.2, 0.25) is 0 Å². The van der Waals surface area contributed by atoms with Crippen molar-refractivity contribution >= 4 is 11.9 Å². The van der Waals surface area contributed by atoms with Gasteiger partial charge in [-0.15, -0.1) is 0 Å². The number of nitrogens with two attached hydrogens (primary N) is 1. The molecule has 1 saturated heterocycles. The maximum absolute atomic E-state index is 12.6. The fourth-order valence-corrected chi connectivity index (χ4v) is 5.41. The quantitative estimate of drug-likeness (QED) is 0.363. The van der Waals surface area contributed by atoms with E-state index in [4.69, 9.17) is 20.3 Å². The first kappa shape index (κ1) is 20.3. The van der Waals surface area contributed by atoms with Crippen LogP contribution >= 0.6 is 0 Å². The van der Waals surface area contributed by atoms with Crippen molar-refractivity contribution in [3.63, 3.8) is 0 Å². The molecule has 3 aliphatic rings. The van der Waals surface area contributed by atoms with Crippen molar-refractivity contribution in [2.45, 2.75) is 82.8 Å². The molecular weight excluding hydrogens is 350 g/mol. The summed E-state index contributed by atoms with van der Waals surface area (Å²) < 4.78 is 11.7. The second-order valence-corrected chi connectivity index (χ2v) is 8.83. The first-order valence-electron chi connectivity index (χ1n) is 9.73. The van der Waals surface area contributed by atoms with Gasteiger partial charge in [-0.1, -0.05) is 19.1 Å². The maximum atomic E-state index is 12.6. The lowest BCUT2D eigenvalue weighted by Gasteiger charge is -2.49. The summed E-state index contributed by atoms with van der Waals surface area (Å²) in [6, 6.07) is -0.991. The van der Waals surface area contributed by atoms with E-state index in [1.165, 1.54) is 0 Å². The van der Waals surface area contributed by atoms with Gasteiger partial charge in [0.2, 0.25) is 0 Å². The average Bonchev–Trinajstić information content (AvgIpc) is 3.18. The lowest BCUT2D eigenvalue weighted by molar-refractivity contribution is -0.171. The Kier molecular flexibility index (Phi) is 5.16. The molecule has 0 aromatic rings. The van der Waals surface area contributed by atoms with E-state index < -0.39 is 41.2 Å². The molecule has 1 spiro atoms. The minimum Gasteiger partial charge on any atom is -0.481 e. The van der Waals surface area contributed by atoms with Crippen molar-refractivity contribution in [1.29, 1.82) is 0 Å². The van der Waals surface area contributed by atoms with Gasteiger partial charge in [-0.25, -0.2) is 0 Å². The highest BCUT2D eigenvalue weighted by Crippen LogP contribution is 2.65. The molecule has 0 aromatic carbocycles. The number of carboxylic acid groups (broad SMARTS) is 1. The van der Waals surface area contributed by atoms with E-state index in [1.54, 1.807) is 0 Å². The smallest absolute Gasteiger partial charge is 0.323 e. The Morgan fingerprint density at radius 2 is 2.07 bits per heavy atom. The molecule has 152 valence electrons. The zero-order chi connectivity index (χ0) is 20.1. The molecule has 1 aliphatic heterocycles. The highest BCUT2D eigenvalue weighted by atomic mass is 16.7. The molecule has 3 fully saturated rings. The number of hydrogen-bond donors (Lipinski definition) is 3. The molecule has 0 aromatic heterocycles. The van der Waals surface area contributed by atoms with Gasteiger partial charge in [0.05, 0.1) is 6.10 Å². The number of fused-ring (bicyclic) bond motifs is 1. The summed E-state index contributed by atoms with van der Waals surface area (Å²) in [5.74, 6) is -1.24. The third-order valence-corrected chi connectivity index (χ3v) is 7.17. The van der Waals surface area contributed by atoms with Crippen LogP contribution in [0.3, 0.4) is 0 Å². The van der Waals surface area contributed by atoms with Crippen LogP contribution < -0.4 is 5.73 Å². The van der Waals surface area contributed by atoms with Gasteiger partial charge in [-0.3, -0.25) is 9.59 Å². The van der Waals surface area contributed by atoms with Crippen LogP contribution in [0.4, 0.5) is 0 Å². The Hall–Kier alpha value is -1.44. The Morgan fingerprint density at radius 1 is 1.41 bits per heavy atom. The summed E-state index contributed by atoms with van der Waals surface area (Å²) in [5, 5.41) is 19.6. The highest BCUT2D eigenvalue weighted by molar-refractivity contribution is 5.77. The zero-order valence-corrected chi connectivity index (χ0v) is 16.3. The van der Waals surface area contributed by atoms with E-state index in [-0.39, 0.29) is 30.8 Å². The number of epoxide rings is 1. The summed E-state index contributed by atoms with van der Waals surface area (Å²) in [6.45, 7) is 10.1. The van der Waals surface area contributed by atoms with Gasteiger partial charge in [-0.05, 0) is 51.4 Å². The number of carboxylic acids is 1. The predicted octanol–water partition coefficient (Wildman–Crippen LogP) is 1.62. The molecule has 27 heavy (non-hydrogen) atoms. The summed E-state index contributed by atoms with van der Waals surface area (Å²) in [6.07, 6.45) is 0.708. The van der Waals surface area contributed by atoms with Gasteiger partial charge in [0, 0.05) is 11.8 Å². The van der Waals surface area contributed by atoms with Gasteiger partial charge < -0.3 is 25.4 Å². The largest absolute Gasteiger partial charge is 0.481 e. The average molecular weight is 381 g/mol. The highest BCUT2D eigenvalue weighted by Gasteiger charge is 2.74. The summed E-state index contributed by atoms with van der Waals surface area (Å²) in [7, 11) is 0. The molecule has 7 heteroatoms. The molecule has 2 saturated carbocycles. The van der Waals surface area contributed by atoms with Crippen molar-refractivity contribution in [1.82, 2.24) is 0 Å². The second kappa shape index (κ2) is 6.87. The van der Waals surface area contributed by atoms with Crippen LogP contribution in [0, 0.1) is 17.3 Å². The molecule has 1 heterocycles. The normalized spacial score (nSPS) is 43.8. The molecule has 0 radical (unpaired) electrons. The minimum atomic E-state index is -1.000. The second-order valence-electron chi connectivity index (χ2n) is 8.83. The summed E-state index contributed by atoms with van der Waals surface area (Å²) in [5.41, 5.74) is 5.75. The fourth-order valence-electron chi connectivity index (χ4n) is 5.41. The molecule has 7 nitrogen and oxygen atoms in total. The number of esters is 1. The van der Waals surface area contributed by atoms with Crippen molar-refractivity contribution in [2.75, 3.05) is 0 Å². The number of rotatable bonds is 6. The maximum Gasteiger partial charge on any atom is 0.323 e. The number of aliphatic hydroxyl groups excluding tert-OH is 1. The van der Waals surface area contributed by atoms with Crippen LogP contribution in [0.1, 0.15) is 52.9 Å². The third kappa shape index (κ3) is 3.19. The first-order chi connectivity index (χ1) is 12.5. The molecule has 4 N–H and O–H groups in total. The Labute approximate surface area is 159 Å². The zero-order valence-electron chi connectivity index (χ0n) is 16.3. The van der Waals surface area contributed by atoms with Crippen LogP contribution in [0.15, 0.2) is 12.2 Å². The number of allylic oxidation sites excluding steroid dienone is 1. The van der Waals surface area contributed by atoms with Gasteiger partial charge in [0.25, 0.3) is 0 Å². The van der Waals surface area contributed by atoms with Gasteiger partial charge in [0.15, 0.2) is 0 Å². The monoisotopic (exact) mass is 381 g/mol. The summed E-state index contributed by atoms with van der Waals surface area (Å²) in [4.78, 5) is 23.4. The number of ether oxygens (including phenoxy) is 2. The number of aliphatic carboxylic acids is 1. The molecule has 3 rings (SSSR count). The lowest BCUT2D eigenvalue weighted by atomic mass is 9.58. The predicted molar refractivity (Wildman–Crippen MR) is 97.8 cm³/mol. The van der Waals surface area contributed by atoms with Crippen molar-refractivity contribution in [2.24, 2.45) is 23.0 Å². The van der Waals surface area contributed by atoms with Crippen molar-refractivity contribution in [3.8, 4) is 0 Å². The number of aliphatic hydroxyl groups is 1. The van der Waals surface area contributed by atoms with E-state index in [2.05, 4.69) is 13.5 Å². The Balaban J connectivity index is 1.87. The topological polar surface area (TPSA) is 122 Å². The Morgan fingerprint density at radius 3 is 2.67 bits per heavy atom. The van der Waals surface area contributed by atoms with Crippen molar-refractivity contribution in [3.05, 3.63) is 12.2 Å². The van der Waals surface area contributed by atoms with Crippen LogP contribution in [0.5, 0.6) is 0 Å². The van der Waals surface area contributed by atoms with E-state index in [9.17, 15) is 14.7 Å². The lowest BCUT2D eigenvalue weighted by Crippen LogP contribution is -2.58. The molecule has 8 atom stereocenters. The minimum absolute atomic E-state index is 0.0266. The van der Waals surface area contributed by atoms with Gasteiger partial charge >= 0.3 is 11.9 Å². The number of carbonyl (C=O) groups is 2. The summed E-state index contributed by atoms with van der Waals surface area (Å²) >= 11 is 0. The van der Waals surface area contributed by atoms with E-state index >= 15 is 0 Å². The molecular formula is C20H31NO6. The fraction of sp³-hybridized carbons (Fsp3) is 0.800. The number of carbonyl (C=O) groups excluding carboxylic acids is 1. The van der Waals surface area contributed by atoms with Gasteiger partial charge in [-0.2, -0.15) is 0 Å². The molecule has 2 aliphatic carbocycles. The van der Waals surface area contributed by atoms with E-state index in [0.717, 1.165) is 18.4 Å². The first-order valence-corrected chi connectivity index (χ1v) is 9.73. The van der Waals surface area contributed by atoms with Crippen LogP contribution in [-0.2, 0) is 19.1 Å². The van der Waals surface area contributed by atoms with Gasteiger partial charge in [0.1, 0.15) is 23.9 Å². The SMILES string of the molecule is C=C(C)[C@@H]1CC[C@H](C)[C@]12C[C@H](O)[C@]1(C)O[C@@H]1[C@@H]2OC(=O)[C@@H](N)CCC(=O)O.